The smallest absolute Gasteiger partial charge is 0.357 e. The molecule has 0 fully saturated rings. The van der Waals surface area contributed by atoms with Crippen LogP contribution in [0.3, 0.4) is 0 Å². The maximum absolute atomic E-state index is 10.9. The van der Waals surface area contributed by atoms with Gasteiger partial charge in [0.25, 0.3) is 0 Å². The van der Waals surface area contributed by atoms with Gasteiger partial charge in [-0.1, -0.05) is 48.2 Å². The highest BCUT2D eigenvalue weighted by molar-refractivity contribution is 5.85. The standard InChI is InChI=1S/C18H17N3O3/c19-16(18(22)23)17(21-20)24-15-11-5-10-14(12-15)9-4-8-13-6-2-1-3-7-13/h1-3,5-7,10-12,21H,8,19-20H2,(H,22,23)/b17-16+. The van der Waals surface area contributed by atoms with Crippen molar-refractivity contribution in [3.05, 3.63) is 77.3 Å². The van der Waals surface area contributed by atoms with E-state index in [9.17, 15) is 4.79 Å². The summed E-state index contributed by atoms with van der Waals surface area (Å²) < 4.78 is 5.36. The molecule has 2 rings (SSSR count). The molecular weight excluding hydrogens is 306 g/mol. The number of carboxylic acids is 1. The Morgan fingerprint density at radius 1 is 1.17 bits per heavy atom. The molecule has 0 aromatic heterocycles. The van der Waals surface area contributed by atoms with Crippen LogP contribution in [-0.2, 0) is 11.2 Å². The number of aliphatic carboxylic acids is 1. The summed E-state index contributed by atoms with van der Waals surface area (Å²) in [5.41, 5.74) is 8.86. The molecule has 0 radical (unpaired) electrons. The molecule has 0 spiro atoms. The molecule has 0 saturated carbocycles. The summed E-state index contributed by atoms with van der Waals surface area (Å²) in [4.78, 5) is 10.9. The molecule has 0 atom stereocenters. The summed E-state index contributed by atoms with van der Waals surface area (Å²) in [7, 11) is 0. The first-order valence-corrected chi connectivity index (χ1v) is 7.10. The average molecular weight is 323 g/mol. The van der Waals surface area contributed by atoms with Gasteiger partial charge >= 0.3 is 5.97 Å². The van der Waals surface area contributed by atoms with Crippen LogP contribution in [0, 0.1) is 11.8 Å². The number of ether oxygens (including phenoxy) is 1. The van der Waals surface area contributed by atoms with Gasteiger partial charge < -0.3 is 15.6 Å². The van der Waals surface area contributed by atoms with Crippen LogP contribution in [0.1, 0.15) is 11.1 Å². The number of carbonyl (C=O) groups is 1. The summed E-state index contributed by atoms with van der Waals surface area (Å²) in [6, 6.07) is 16.8. The van der Waals surface area contributed by atoms with Crippen molar-refractivity contribution >= 4 is 5.97 Å². The molecule has 122 valence electrons. The molecule has 6 heteroatoms. The Labute approximate surface area is 139 Å². The number of nitrogens with one attached hydrogen (secondary N) is 1. The first-order valence-electron chi connectivity index (χ1n) is 7.10. The van der Waals surface area contributed by atoms with Crippen molar-refractivity contribution in [2.24, 2.45) is 11.6 Å². The minimum absolute atomic E-state index is 0.239. The van der Waals surface area contributed by atoms with Crippen LogP contribution in [0.5, 0.6) is 5.75 Å². The molecule has 2 aromatic rings. The fourth-order valence-corrected chi connectivity index (χ4v) is 1.86. The summed E-state index contributed by atoms with van der Waals surface area (Å²) in [5.74, 6) is 10.1. The third-order valence-corrected chi connectivity index (χ3v) is 3.03. The summed E-state index contributed by atoms with van der Waals surface area (Å²) in [6.45, 7) is 0. The van der Waals surface area contributed by atoms with E-state index in [0.717, 1.165) is 11.1 Å². The highest BCUT2D eigenvalue weighted by Gasteiger charge is 2.12. The second-order valence-corrected chi connectivity index (χ2v) is 4.79. The highest BCUT2D eigenvalue weighted by Crippen LogP contribution is 2.15. The lowest BCUT2D eigenvalue weighted by Crippen LogP contribution is -2.31. The monoisotopic (exact) mass is 323 g/mol. The summed E-state index contributed by atoms with van der Waals surface area (Å²) in [6.07, 6.45) is 0.632. The van der Waals surface area contributed by atoms with Gasteiger partial charge in [-0.25, -0.2) is 10.6 Å². The fraction of sp³-hybridized carbons (Fsp3) is 0.0556. The maximum atomic E-state index is 10.9. The molecule has 2 aromatic carbocycles. The third kappa shape index (κ3) is 4.80. The van der Waals surface area contributed by atoms with Gasteiger partial charge in [0, 0.05) is 12.0 Å². The van der Waals surface area contributed by atoms with E-state index in [-0.39, 0.29) is 5.88 Å². The van der Waals surface area contributed by atoms with Crippen molar-refractivity contribution in [3.63, 3.8) is 0 Å². The summed E-state index contributed by atoms with van der Waals surface area (Å²) in [5, 5.41) is 8.86. The predicted molar refractivity (Wildman–Crippen MR) is 90.3 cm³/mol. The van der Waals surface area contributed by atoms with Crippen molar-refractivity contribution < 1.29 is 14.6 Å². The lowest BCUT2D eigenvalue weighted by Gasteiger charge is -2.10. The molecule has 0 aliphatic rings. The van der Waals surface area contributed by atoms with E-state index >= 15 is 0 Å². The molecule has 6 N–H and O–H groups in total. The zero-order chi connectivity index (χ0) is 17.4. The fourth-order valence-electron chi connectivity index (χ4n) is 1.86. The van der Waals surface area contributed by atoms with Gasteiger partial charge in [-0.05, 0) is 23.8 Å². The largest absolute Gasteiger partial charge is 0.476 e. The second-order valence-electron chi connectivity index (χ2n) is 4.79. The van der Waals surface area contributed by atoms with E-state index in [0.29, 0.717) is 12.2 Å². The predicted octanol–water partition coefficient (Wildman–Crippen LogP) is 1.34. The SMILES string of the molecule is NN/C(Oc1cccc(C#CCc2ccccc2)c1)=C(\N)C(=O)O. The number of nitrogens with two attached hydrogens (primary N) is 2. The molecular formula is C18H17N3O3. The van der Waals surface area contributed by atoms with E-state index in [1.165, 1.54) is 0 Å². The molecule has 0 unspecified atom stereocenters. The maximum Gasteiger partial charge on any atom is 0.357 e. The lowest BCUT2D eigenvalue weighted by atomic mass is 10.1. The molecule has 0 heterocycles. The normalized spacial score (nSPS) is 10.9. The quantitative estimate of drug-likeness (QED) is 0.217. The number of benzene rings is 2. The Morgan fingerprint density at radius 2 is 1.92 bits per heavy atom. The number of rotatable bonds is 5. The van der Waals surface area contributed by atoms with Crippen LogP contribution >= 0.6 is 0 Å². The van der Waals surface area contributed by atoms with Crippen LogP contribution in [0.15, 0.2) is 66.2 Å². The van der Waals surface area contributed by atoms with Crippen molar-refractivity contribution in [2.45, 2.75) is 6.42 Å². The lowest BCUT2D eigenvalue weighted by molar-refractivity contribution is -0.132. The second kappa shape index (κ2) is 8.27. The topological polar surface area (TPSA) is 111 Å². The van der Waals surface area contributed by atoms with Crippen molar-refractivity contribution in [3.8, 4) is 17.6 Å². The molecule has 0 aliphatic carbocycles. The highest BCUT2D eigenvalue weighted by atomic mass is 16.5. The van der Waals surface area contributed by atoms with E-state index in [1.54, 1.807) is 18.2 Å². The van der Waals surface area contributed by atoms with Gasteiger partial charge in [0.2, 0.25) is 5.88 Å². The molecule has 6 nitrogen and oxygen atoms in total. The Morgan fingerprint density at radius 3 is 2.58 bits per heavy atom. The van der Waals surface area contributed by atoms with Gasteiger partial charge in [-0.2, -0.15) is 0 Å². The van der Waals surface area contributed by atoms with Crippen LogP contribution in [0.2, 0.25) is 0 Å². The van der Waals surface area contributed by atoms with Gasteiger partial charge in [0.15, 0.2) is 5.70 Å². The Bertz CT molecular complexity index is 805. The zero-order valence-corrected chi connectivity index (χ0v) is 12.8. The number of carboxylic acid groups (broad SMARTS) is 1. The van der Waals surface area contributed by atoms with Gasteiger partial charge in [-0.15, -0.1) is 0 Å². The number of hydrogen-bond acceptors (Lipinski definition) is 5. The van der Waals surface area contributed by atoms with Gasteiger partial charge in [0.05, 0.1) is 0 Å². The number of hydrazine groups is 1. The first-order chi connectivity index (χ1) is 11.6. The summed E-state index contributed by atoms with van der Waals surface area (Å²) >= 11 is 0. The first kappa shape index (κ1) is 16.9. The van der Waals surface area contributed by atoms with Crippen LogP contribution in [-0.4, -0.2) is 11.1 Å². The Balaban J connectivity index is 2.12. The van der Waals surface area contributed by atoms with Crippen LogP contribution in [0.4, 0.5) is 0 Å². The van der Waals surface area contributed by atoms with E-state index < -0.39 is 11.7 Å². The Hall–Kier alpha value is -3.43. The minimum atomic E-state index is -1.33. The number of hydrogen-bond donors (Lipinski definition) is 4. The van der Waals surface area contributed by atoms with Crippen molar-refractivity contribution in [1.82, 2.24) is 5.43 Å². The molecule has 24 heavy (non-hydrogen) atoms. The van der Waals surface area contributed by atoms with Crippen molar-refractivity contribution in [1.29, 1.82) is 0 Å². The van der Waals surface area contributed by atoms with Gasteiger partial charge in [0.1, 0.15) is 5.75 Å². The van der Waals surface area contributed by atoms with E-state index in [4.69, 9.17) is 21.4 Å². The van der Waals surface area contributed by atoms with E-state index in [2.05, 4.69) is 17.3 Å². The minimum Gasteiger partial charge on any atom is -0.476 e. The van der Waals surface area contributed by atoms with Crippen molar-refractivity contribution in [2.75, 3.05) is 0 Å². The third-order valence-electron chi connectivity index (χ3n) is 3.03. The Kier molecular flexibility index (Phi) is 5.83. The molecule has 0 saturated heterocycles. The van der Waals surface area contributed by atoms with Gasteiger partial charge in [-0.3, -0.25) is 5.43 Å². The zero-order valence-electron chi connectivity index (χ0n) is 12.8. The molecule has 0 amide bonds. The molecule has 0 bridgehead atoms. The average Bonchev–Trinajstić information content (AvgIpc) is 2.60. The van der Waals surface area contributed by atoms with E-state index in [1.807, 2.05) is 36.4 Å². The van der Waals surface area contributed by atoms with Crippen LogP contribution in [0.25, 0.3) is 0 Å². The molecule has 0 aliphatic heterocycles. The van der Waals surface area contributed by atoms with Crippen LogP contribution < -0.4 is 21.7 Å².